The summed E-state index contributed by atoms with van der Waals surface area (Å²) in [5.74, 6) is -3.36. The highest BCUT2D eigenvalue weighted by Gasteiger charge is 2.22. The van der Waals surface area contributed by atoms with Crippen LogP contribution in [0.1, 0.15) is 10.4 Å². The molecule has 28 heavy (non-hydrogen) atoms. The quantitative estimate of drug-likeness (QED) is 0.563. The summed E-state index contributed by atoms with van der Waals surface area (Å²) < 4.78 is 30.2. The van der Waals surface area contributed by atoms with Gasteiger partial charge in [0.15, 0.2) is 0 Å². The number of halogens is 2. The molecule has 0 bridgehead atoms. The summed E-state index contributed by atoms with van der Waals surface area (Å²) >= 11 is 0. The largest absolute Gasteiger partial charge is 0.368 e. The average molecular weight is 381 g/mol. The zero-order valence-corrected chi connectivity index (χ0v) is 14.3. The van der Waals surface area contributed by atoms with Gasteiger partial charge in [-0.15, -0.1) is 5.10 Å². The zero-order chi connectivity index (χ0) is 19.7. The van der Waals surface area contributed by atoms with Crippen molar-refractivity contribution < 1.29 is 13.6 Å². The lowest BCUT2D eigenvalue weighted by molar-refractivity contribution is 0.0939. The second kappa shape index (κ2) is 6.91. The predicted octanol–water partition coefficient (Wildman–Crippen LogP) is 2.76. The van der Waals surface area contributed by atoms with Crippen LogP contribution in [-0.2, 0) is 0 Å². The van der Waals surface area contributed by atoms with Crippen molar-refractivity contribution in [3.05, 3.63) is 78.4 Å². The number of nitrogens with one attached hydrogen (secondary N) is 1. The molecule has 4 aromatic rings. The van der Waals surface area contributed by atoms with Gasteiger partial charge in [0.25, 0.3) is 5.91 Å². The molecule has 8 nitrogen and oxygen atoms in total. The first kappa shape index (κ1) is 17.3. The second-order valence-corrected chi connectivity index (χ2v) is 5.75. The molecule has 140 valence electrons. The molecule has 0 fully saturated rings. The molecule has 0 aliphatic heterocycles. The van der Waals surface area contributed by atoms with Crippen LogP contribution >= 0.6 is 0 Å². The van der Waals surface area contributed by atoms with E-state index in [0.717, 1.165) is 23.9 Å². The standard InChI is InChI=1S/C18H13F2N7O/c19-13-2-1-3-14(20)15(13)16(28)27-17(21)24-18(25-27)23-11-4-6-12(7-5-11)26-9-8-22-10-26/h1-10H,(H3,21,23,24,25). The topological polar surface area (TPSA) is 104 Å². The van der Waals surface area contributed by atoms with Gasteiger partial charge in [-0.25, -0.2) is 13.8 Å². The lowest BCUT2D eigenvalue weighted by atomic mass is 10.2. The second-order valence-electron chi connectivity index (χ2n) is 5.75. The number of imidazole rings is 1. The minimum absolute atomic E-state index is 0.0120. The fourth-order valence-corrected chi connectivity index (χ4v) is 2.59. The minimum Gasteiger partial charge on any atom is -0.368 e. The van der Waals surface area contributed by atoms with Crippen molar-refractivity contribution in [3.8, 4) is 5.69 Å². The predicted molar refractivity (Wildman–Crippen MR) is 97.4 cm³/mol. The van der Waals surface area contributed by atoms with Crippen molar-refractivity contribution in [1.82, 2.24) is 24.3 Å². The van der Waals surface area contributed by atoms with Crippen LogP contribution in [-0.4, -0.2) is 30.2 Å². The van der Waals surface area contributed by atoms with Gasteiger partial charge in [0.05, 0.1) is 6.33 Å². The van der Waals surface area contributed by atoms with Gasteiger partial charge in [-0.2, -0.15) is 9.67 Å². The summed E-state index contributed by atoms with van der Waals surface area (Å²) in [4.78, 5) is 20.3. The molecule has 0 aliphatic carbocycles. The van der Waals surface area contributed by atoms with E-state index in [1.54, 1.807) is 30.9 Å². The Labute approximate surface area is 157 Å². The SMILES string of the molecule is Nc1nc(Nc2ccc(-n3ccnc3)cc2)nn1C(=O)c1c(F)cccc1F. The Morgan fingerprint density at radius 2 is 1.79 bits per heavy atom. The smallest absolute Gasteiger partial charge is 0.287 e. The van der Waals surface area contributed by atoms with Crippen molar-refractivity contribution in [2.45, 2.75) is 0 Å². The summed E-state index contributed by atoms with van der Waals surface area (Å²) in [5.41, 5.74) is 6.47. The van der Waals surface area contributed by atoms with Gasteiger partial charge in [-0.05, 0) is 36.4 Å². The number of hydrogen-bond acceptors (Lipinski definition) is 6. The normalized spacial score (nSPS) is 10.8. The van der Waals surface area contributed by atoms with E-state index in [-0.39, 0.29) is 11.9 Å². The molecular weight excluding hydrogens is 368 g/mol. The third-order valence-electron chi connectivity index (χ3n) is 3.93. The lowest BCUT2D eigenvalue weighted by Gasteiger charge is -2.05. The molecule has 0 saturated carbocycles. The monoisotopic (exact) mass is 381 g/mol. The highest BCUT2D eigenvalue weighted by Crippen LogP contribution is 2.19. The molecule has 10 heteroatoms. The van der Waals surface area contributed by atoms with E-state index < -0.39 is 23.1 Å². The fourth-order valence-electron chi connectivity index (χ4n) is 2.59. The van der Waals surface area contributed by atoms with Gasteiger partial charge in [-0.3, -0.25) is 4.79 Å². The van der Waals surface area contributed by atoms with Crippen LogP contribution in [0.3, 0.4) is 0 Å². The highest BCUT2D eigenvalue weighted by atomic mass is 19.1. The Morgan fingerprint density at radius 1 is 1.07 bits per heavy atom. The summed E-state index contributed by atoms with van der Waals surface area (Å²) in [6, 6.07) is 10.3. The number of rotatable bonds is 4. The van der Waals surface area contributed by atoms with Gasteiger partial charge in [0, 0.05) is 23.8 Å². The molecule has 2 aromatic heterocycles. The van der Waals surface area contributed by atoms with Crippen molar-refractivity contribution in [3.63, 3.8) is 0 Å². The molecule has 0 amide bonds. The molecule has 0 aliphatic rings. The van der Waals surface area contributed by atoms with Crippen molar-refractivity contribution >= 4 is 23.5 Å². The van der Waals surface area contributed by atoms with Crippen LogP contribution in [0, 0.1) is 11.6 Å². The van der Waals surface area contributed by atoms with Gasteiger partial charge in [0.1, 0.15) is 17.2 Å². The summed E-state index contributed by atoms with van der Waals surface area (Å²) in [6.45, 7) is 0. The molecular formula is C18H13F2N7O. The van der Waals surface area contributed by atoms with E-state index in [1.807, 2.05) is 16.7 Å². The number of nitrogens with two attached hydrogens (primary N) is 1. The third-order valence-corrected chi connectivity index (χ3v) is 3.93. The lowest BCUT2D eigenvalue weighted by Crippen LogP contribution is -2.19. The summed E-state index contributed by atoms with van der Waals surface area (Å²) in [7, 11) is 0. The Bertz CT molecular complexity index is 1120. The Hall–Kier alpha value is -4.08. The molecule has 0 unspecified atom stereocenters. The first-order valence-electron chi connectivity index (χ1n) is 8.09. The maximum Gasteiger partial charge on any atom is 0.287 e. The first-order chi connectivity index (χ1) is 13.5. The number of anilines is 3. The molecule has 2 aromatic carbocycles. The van der Waals surface area contributed by atoms with E-state index in [1.165, 1.54) is 0 Å². The highest BCUT2D eigenvalue weighted by molar-refractivity contribution is 5.97. The number of nitrogens with zero attached hydrogens (tertiary/aromatic N) is 5. The first-order valence-corrected chi connectivity index (χ1v) is 8.09. The van der Waals surface area contributed by atoms with Gasteiger partial charge < -0.3 is 15.6 Å². The van der Waals surface area contributed by atoms with Crippen LogP contribution in [0.25, 0.3) is 5.69 Å². The van der Waals surface area contributed by atoms with E-state index in [2.05, 4.69) is 20.4 Å². The van der Waals surface area contributed by atoms with E-state index in [9.17, 15) is 13.6 Å². The van der Waals surface area contributed by atoms with Crippen LogP contribution in [0.4, 0.5) is 26.4 Å². The van der Waals surface area contributed by atoms with Crippen LogP contribution in [0.15, 0.2) is 61.2 Å². The van der Waals surface area contributed by atoms with E-state index >= 15 is 0 Å². The van der Waals surface area contributed by atoms with Crippen LogP contribution in [0.2, 0.25) is 0 Å². The summed E-state index contributed by atoms with van der Waals surface area (Å²) in [5, 5.41) is 6.79. The van der Waals surface area contributed by atoms with Crippen LogP contribution < -0.4 is 11.1 Å². The Kier molecular flexibility index (Phi) is 4.28. The van der Waals surface area contributed by atoms with Crippen molar-refractivity contribution in [2.75, 3.05) is 11.1 Å². The molecule has 3 N–H and O–H groups in total. The summed E-state index contributed by atoms with van der Waals surface area (Å²) in [6.07, 6.45) is 5.14. The van der Waals surface area contributed by atoms with Gasteiger partial charge >= 0.3 is 0 Å². The Balaban J connectivity index is 1.57. The molecule has 0 saturated heterocycles. The fraction of sp³-hybridized carbons (Fsp3) is 0. The molecule has 4 rings (SSSR count). The minimum atomic E-state index is -1.05. The maximum absolute atomic E-state index is 13.8. The number of aromatic nitrogens is 5. The van der Waals surface area contributed by atoms with Gasteiger partial charge in [-0.1, -0.05) is 6.07 Å². The molecule has 0 atom stereocenters. The zero-order valence-electron chi connectivity index (χ0n) is 14.3. The van der Waals surface area contributed by atoms with Crippen molar-refractivity contribution in [2.24, 2.45) is 0 Å². The number of benzene rings is 2. The molecule has 0 spiro atoms. The average Bonchev–Trinajstić information content (AvgIpc) is 3.32. The Morgan fingerprint density at radius 3 is 2.43 bits per heavy atom. The molecule has 2 heterocycles. The maximum atomic E-state index is 13.8. The van der Waals surface area contributed by atoms with E-state index in [0.29, 0.717) is 10.4 Å². The number of carbonyl (C=O) groups excluding carboxylic acids is 1. The third kappa shape index (κ3) is 3.18. The van der Waals surface area contributed by atoms with Gasteiger partial charge in [0.2, 0.25) is 11.9 Å². The number of nitrogen functional groups attached to an aromatic ring is 1. The van der Waals surface area contributed by atoms with E-state index in [4.69, 9.17) is 5.73 Å². The molecule has 0 radical (unpaired) electrons. The van der Waals surface area contributed by atoms with Crippen LogP contribution in [0.5, 0.6) is 0 Å². The number of carbonyl (C=O) groups is 1. The van der Waals surface area contributed by atoms with Crippen molar-refractivity contribution in [1.29, 1.82) is 0 Å². The number of hydrogen-bond donors (Lipinski definition) is 2.